The third-order valence-corrected chi connectivity index (χ3v) is 0.938. The summed E-state index contributed by atoms with van der Waals surface area (Å²) in [6.45, 7) is 1.79. The average molecular weight is 108 g/mol. The Balaban J connectivity index is 3.13. The van der Waals surface area contributed by atoms with Crippen LogP contribution < -0.4 is 0 Å². The SMILES string of the molecule is Cc1cn[c]cc1O. The highest BCUT2D eigenvalue weighted by molar-refractivity contribution is 5.25. The quantitative estimate of drug-likeness (QED) is 0.535. The van der Waals surface area contributed by atoms with Gasteiger partial charge in [0.05, 0.1) is 6.20 Å². The fourth-order valence-electron chi connectivity index (χ4n) is 0.412. The van der Waals surface area contributed by atoms with Gasteiger partial charge in [-0.25, -0.2) is 0 Å². The molecule has 8 heavy (non-hydrogen) atoms. The van der Waals surface area contributed by atoms with Gasteiger partial charge in [0, 0.05) is 17.8 Å². The van der Waals surface area contributed by atoms with Gasteiger partial charge in [-0.1, -0.05) is 0 Å². The van der Waals surface area contributed by atoms with Gasteiger partial charge in [0.2, 0.25) is 0 Å². The Morgan fingerprint density at radius 3 is 2.88 bits per heavy atom. The van der Waals surface area contributed by atoms with E-state index in [4.69, 9.17) is 5.11 Å². The van der Waals surface area contributed by atoms with Gasteiger partial charge >= 0.3 is 0 Å². The second-order valence-corrected chi connectivity index (χ2v) is 1.60. The Kier molecular flexibility index (Phi) is 1.16. The van der Waals surface area contributed by atoms with Crippen LogP contribution in [-0.4, -0.2) is 10.1 Å². The highest BCUT2D eigenvalue weighted by Crippen LogP contribution is 2.10. The molecule has 1 rings (SSSR count). The van der Waals surface area contributed by atoms with E-state index < -0.39 is 0 Å². The lowest BCUT2D eigenvalue weighted by Gasteiger charge is -1.90. The van der Waals surface area contributed by atoms with E-state index in [9.17, 15) is 0 Å². The minimum absolute atomic E-state index is 0.250. The van der Waals surface area contributed by atoms with E-state index in [2.05, 4.69) is 11.2 Å². The average Bonchev–Trinajstić information content (AvgIpc) is 1.77. The number of aromatic nitrogens is 1. The van der Waals surface area contributed by atoms with Gasteiger partial charge in [-0.05, 0) is 6.92 Å². The molecule has 1 radical (unpaired) electrons. The van der Waals surface area contributed by atoms with Gasteiger partial charge in [-0.15, -0.1) is 0 Å². The molecule has 0 unspecified atom stereocenters. The molecule has 1 heterocycles. The smallest absolute Gasteiger partial charge is 0.122 e. The summed E-state index contributed by atoms with van der Waals surface area (Å²) in [4.78, 5) is 3.66. The molecule has 0 spiro atoms. The van der Waals surface area contributed by atoms with E-state index in [0.717, 1.165) is 5.56 Å². The third kappa shape index (κ3) is 0.780. The van der Waals surface area contributed by atoms with Crippen LogP contribution in [0, 0.1) is 13.1 Å². The van der Waals surface area contributed by atoms with Crippen molar-refractivity contribution in [1.29, 1.82) is 0 Å². The Labute approximate surface area is 47.8 Å². The summed E-state index contributed by atoms with van der Waals surface area (Å²) in [5.74, 6) is 0.250. The van der Waals surface area contributed by atoms with E-state index in [1.54, 1.807) is 13.1 Å². The van der Waals surface area contributed by atoms with Crippen LogP contribution in [0.5, 0.6) is 5.75 Å². The van der Waals surface area contributed by atoms with Crippen LogP contribution in [0.2, 0.25) is 0 Å². The summed E-state index contributed by atoms with van der Waals surface area (Å²) in [5.41, 5.74) is 0.781. The van der Waals surface area contributed by atoms with E-state index in [1.807, 2.05) is 0 Å². The van der Waals surface area contributed by atoms with Crippen LogP contribution in [-0.2, 0) is 0 Å². The number of aromatic hydroxyl groups is 1. The molecule has 0 aromatic carbocycles. The van der Waals surface area contributed by atoms with Crippen molar-refractivity contribution >= 4 is 0 Å². The lowest BCUT2D eigenvalue weighted by Crippen LogP contribution is -1.74. The summed E-state index contributed by atoms with van der Waals surface area (Å²) in [5, 5.41) is 8.85. The molecule has 2 heteroatoms. The van der Waals surface area contributed by atoms with Crippen LogP contribution in [0.15, 0.2) is 12.3 Å². The van der Waals surface area contributed by atoms with Gasteiger partial charge in [0.1, 0.15) is 5.75 Å². The van der Waals surface area contributed by atoms with Crippen LogP contribution in [0.3, 0.4) is 0 Å². The zero-order valence-corrected chi connectivity index (χ0v) is 4.55. The maximum atomic E-state index is 8.85. The monoisotopic (exact) mass is 108 g/mol. The molecule has 0 aliphatic heterocycles. The molecule has 0 atom stereocenters. The van der Waals surface area contributed by atoms with Gasteiger partial charge in [0.15, 0.2) is 0 Å². The summed E-state index contributed by atoms with van der Waals surface area (Å²) in [6.07, 6.45) is 4.07. The molecule has 0 bridgehead atoms. The number of hydrogen-bond donors (Lipinski definition) is 1. The van der Waals surface area contributed by atoms with Crippen molar-refractivity contribution < 1.29 is 5.11 Å². The van der Waals surface area contributed by atoms with Crippen molar-refractivity contribution in [3.8, 4) is 5.75 Å². The van der Waals surface area contributed by atoms with Gasteiger partial charge in [-0.3, -0.25) is 4.98 Å². The normalized spacial score (nSPS) is 9.12. The topological polar surface area (TPSA) is 33.1 Å². The number of pyridine rings is 1. The van der Waals surface area contributed by atoms with Crippen molar-refractivity contribution in [2.45, 2.75) is 6.92 Å². The Bertz CT molecular complexity index is 165. The molecule has 2 nitrogen and oxygen atoms in total. The first kappa shape index (κ1) is 5.09. The minimum atomic E-state index is 0.250. The Hall–Kier alpha value is -1.05. The first-order chi connectivity index (χ1) is 3.80. The first-order valence-corrected chi connectivity index (χ1v) is 2.32. The number of nitrogens with zero attached hydrogens (tertiary/aromatic N) is 1. The lowest BCUT2D eigenvalue weighted by atomic mass is 10.3. The van der Waals surface area contributed by atoms with Crippen molar-refractivity contribution in [2.75, 3.05) is 0 Å². The highest BCUT2D eigenvalue weighted by Gasteiger charge is 1.88. The molecule has 0 aliphatic rings. The first-order valence-electron chi connectivity index (χ1n) is 2.32. The predicted molar refractivity (Wildman–Crippen MR) is 29.5 cm³/mol. The molecule has 1 aromatic rings. The molecule has 1 N–H and O–H groups in total. The molecule has 0 amide bonds. The maximum Gasteiger partial charge on any atom is 0.122 e. The van der Waals surface area contributed by atoms with Crippen LogP contribution in [0.25, 0.3) is 0 Å². The summed E-state index contributed by atoms with van der Waals surface area (Å²) in [7, 11) is 0. The molecular formula is C6H6NO. The minimum Gasteiger partial charge on any atom is -0.508 e. The number of hydrogen-bond acceptors (Lipinski definition) is 2. The fraction of sp³-hybridized carbons (Fsp3) is 0.167. The highest BCUT2D eigenvalue weighted by atomic mass is 16.3. The van der Waals surface area contributed by atoms with Crippen LogP contribution >= 0.6 is 0 Å². The summed E-state index contributed by atoms with van der Waals surface area (Å²) >= 11 is 0. The third-order valence-electron chi connectivity index (χ3n) is 0.938. The molecule has 41 valence electrons. The van der Waals surface area contributed by atoms with E-state index >= 15 is 0 Å². The van der Waals surface area contributed by atoms with Gasteiger partial charge in [0.25, 0.3) is 0 Å². The van der Waals surface area contributed by atoms with Crippen LogP contribution in [0.1, 0.15) is 5.56 Å². The Morgan fingerprint density at radius 1 is 1.75 bits per heavy atom. The van der Waals surface area contributed by atoms with Crippen molar-refractivity contribution in [2.24, 2.45) is 0 Å². The van der Waals surface area contributed by atoms with Gasteiger partial charge < -0.3 is 5.11 Å². The second kappa shape index (κ2) is 1.82. The van der Waals surface area contributed by atoms with Crippen molar-refractivity contribution in [3.05, 3.63) is 24.0 Å². The summed E-state index contributed by atoms with van der Waals surface area (Å²) in [6, 6.07) is 1.44. The zero-order chi connectivity index (χ0) is 5.98. The maximum absolute atomic E-state index is 8.85. The van der Waals surface area contributed by atoms with Crippen molar-refractivity contribution in [1.82, 2.24) is 4.98 Å². The van der Waals surface area contributed by atoms with E-state index in [1.165, 1.54) is 6.07 Å². The lowest BCUT2D eigenvalue weighted by molar-refractivity contribution is 0.470. The van der Waals surface area contributed by atoms with Crippen molar-refractivity contribution in [3.63, 3.8) is 0 Å². The molecular weight excluding hydrogens is 102 g/mol. The molecule has 0 fully saturated rings. The van der Waals surface area contributed by atoms with E-state index in [-0.39, 0.29) is 5.75 Å². The number of rotatable bonds is 0. The van der Waals surface area contributed by atoms with Crippen LogP contribution in [0.4, 0.5) is 0 Å². The summed E-state index contributed by atoms with van der Waals surface area (Å²) < 4.78 is 0. The molecule has 0 aliphatic carbocycles. The molecule has 0 saturated carbocycles. The zero-order valence-electron chi connectivity index (χ0n) is 4.55. The molecule has 1 aromatic heterocycles. The standard InChI is InChI=1S/C6H6NO/c1-5-4-7-3-2-6(5)8/h2,4H,1H3,(H,7,8). The molecule has 0 saturated heterocycles. The van der Waals surface area contributed by atoms with Gasteiger partial charge in [-0.2, -0.15) is 0 Å². The number of aryl methyl sites for hydroxylation is 1. The second-order valence-electron chi connectivity index (χ2n) is 1.60. The Morgan fingerprint density at radius 2 is 2.50 bits per heavy atom. The largest absolute Gasteiger partial charge is 0.508 e. The van der Waals surface area contributed by atoms with E-state index in [0.29, 0.717) is 0 Å². The predicted octanol–water partition coefficient (Wildman–Crippen LogP) is 0.896. The fourth-order valence-corrected chi connectivity index (χ4v) is 0.412.